The Hall–Kier alpha value is -0.865. The van der Waals surface area contributed by atoms with E-state index in [9.17, 15) is 4.39 Å². The van der Waals surface area contributed by atoms with E-state index in [1.54, 1.807) is 13.0 Å². The predicted octanol–water partition coefficient (Wildman–Crippen LogP) is 0.450. The maximum atomic E-state index is 12.8. The van der Waals surface area contributed by atoms with Crippen molar-refractivity contribution in [1.82, 2.24) is 0 Å². The Morgan fingerprint density at radius 3 is 2.33 bits per heavy atom. The van der Waals surface area contributed by atoms with E-state index in [1.165, 1.54) is 12.1 Å². The van der Waals surface area contributed by atoms with Crippen LogP contribution in [0, 0.1) is 12.7 Å². The van der Waals surface area contributed by atoms with Crippen molar-refractivity contribution in [2.24, 2.45) is 0 Å². The van der Waals surface area contributed by atoms with Crippen LogP contribution in [0.15, 0.2) is 18.2 Å². The van der Waals surface area contributed by atoms with Crippen molar-refractivity contribution in [3.8, 4) is 0 Å². The van der Waals surface area contributed by atoms with Crippen LogP contribution in [0.1, 0.15) is 13.0 Å². The lowest BCUT2D eigenvalue weighted by Gasteiger charge is -2.00. The summed E-state index contributed by atoms with van der Waals surface area (Å²) < 4.78 is 12.8. The molecule has 12 heavy (non-hydrogen) atoms. The summed E-state index contributed by atoms with van der Waals surface area (Å²) in [5.41, 5.74) is 0.669. The van der Waals surface area contributed by atoms with Gasteiger partial charge in [0.05, 0.1) is 0 Å². The zero-order chi connectivity index (χ0) is 8.43. The molecular weight excluding hydrogens is 158 g/mol. The number of hydrogen-bond acceptors (Lipinski definition) is 2. The molecule has 0 aliphatic heterocycles. The molecule has 1 aromatic carbocycles. The molecule has 0 saturated heterocycles. The van der Waals surface area contributed by atoms with Crippen molar-refractivity contribution in [3.63, 3.8) is 0 Å². The highest BCUT2D eigenvalue weighted by molar-refractivity contribution is 6.58. The maximum absolute atomic E-state index is 12.8. The molecule has 0 aliphatic rings. The third kappa shape index (κ3) is 2.32. The fourth-order valence-electron chi connectivity index (χ4n) is 0.842. The minimum absolute atomic E-state index is 0. The fraction of sp³-hybridized carbons (Fsp3) is 0.250. The summed E-state index contributed by atoms with van der Waals surface area (Å²) in [5.74, 6) is -0.583. The molecule has 0 bridgehead atoms. The zero-order valence-corrected chi connectivity index (χ0v) is 6.08. The van der Waals surface area contributed by atoms with Crippen LogP contribution in [-0.2, 0) is 0 Å². The van der Waals surface area contributed by atoms with Gasteiger partial charge in [0.2, 0.25) is 0 Å². The Kier molecular flexibility index (Phi) is 3.93. The van der Waals surface area contributed by atoms with E-state index in [4.69, 9.17) is 10.0 Å². The van der Waals surface area contributed by atoms with Crippen LogP contribution in [-0.4, -0.2) is 17.2 Å². The van der Waals surface area contributed by atoms with Crippen LogP contribution in [0.5, 0.6) is 0 Å². The van der Waals surface area contributed by atoms with Crippen LogP contribution in [0.25, 0.3) is 0 Å². The SMILES string of the molecule is C.Cc1ccc(B(O)O)c(F)c1. The Labute approximate surface area is 71.8 Å². The number of aryl methyl sites for hydroxylation is 1. The molecular formula is C8H12BFO2. The van der Waals surface area contributed by atoms with Crippen molar-refractivity contribution in [2.75, 3.05) is 0 Å². The molecule has 0 fully saturated rings. The molecule has 0 aliphatic carbocycles. The van der Waals surface area contributed by atoms with Crippen molar-refractivity contribution in [1.29, 1.82) is 0 Å². The lowest BCUT2D eigenvalue weighted by atomic mass is 9.79. The summed E-state index contributed by atoms with van der Waals surface area (Å²) in [6, 6.07) is 4.24. The van der Waals surface area contributed by atoms with E-state index < -0.39 is 12.9 Å². The molecule has 2 N–H and O–H groups in total. The van der Waals surface area contributed by atoms with E-state index in [0.717, 1.165) is 5.56 Å². The molecule has 0 spiro atoms. The summed E-state index contributed by atoms with van der Waals surface area (Å²) in [4.78, 5) is 0. The van der Waals surface area contributed by atoms with Gasteiger partial charge in [0, 0.05) is 5.46 Å². The molecule has 1 aromatic rings. The molecule has 0 unspecified atom stereocenters. The van der Waals surface area contributed by atoms with Gasteiger partial charge in [-0.15, -0.1) is 0 Å². The highest BCUT2D eigenvalue weighted by atomic mass is 19.1. The first kappa shape index (κ1) is 11.1. The lowest BCUT2D eigenvalue weighted by Crippen LogP contribution is -2.32. The van der Waals surface area contributed by atoms with Crippen LogP contribution >= 0.6 is 0 Å². The summed E-state index contributed by atoms with van der Waals surface area (Å²) in [5, 5.41) is 17.2. The largest absolute Gasteiger partial charge is 0.491 e. The fourth-order valence-corrected chi connectivity index (χ4v) is 0.842. The average Bonchev–Trinajstić information content (AvgIpc) is 1.85. The molecule has 0 amide bonds. The second-order valence-electron chi connectivity index (χ2n) is 2.40. The third-order valence-corrected chi connectivity index (χ3v) is 1.43. The predicted molar refractivity (Wildman–Crippen MR) is 47.7 cm³/mol. The first-order chi connectivity index (χ1) is 5.11. The van der Waals surface area contributed by atoms with Gasteiger partial charge in [0.1, 0.15) is 5.82 Å². The van der Waals surface area contributed by atoms with Gasteiger partial charge in [-0.1, -0.05) is 19.6 Å². The van der Waals surface area contributed by atoms with E-state index in [0.29, 0.717) is 0 Å². The Morgan fingerprint density at radius 2 is 1.92 bits per heavy atom. The maximum Gasteiger partial charge on any atom is 0.491 e. The van der Waals surface area contributed by atoms with Crippen molar-refractivity contribution < 1.29 is 14.4 Å². The molecule has 0 radical (unpaired) electrons. The molecule has 0 heterocycles. The normalized spacial score (nSPS) is 9.00. The van der Waals surface area contributed by atoms with E-state index in [1.807, 2.05) is 0 Å². The Bertz CT molecular complexity index is 263. The Morgan fingerprint density at radius 1 is 1.33 bits per heavy atom. The summed E-state index contributed by atoms with van der Waals surface area (Å²) in [7, 11) is -1.73. The summed E-state index contributed by atoms with van der Waals surface area (Å²) >= 11 is 0. The molecule has 0 atom stereocenters. The summed E-state index contributed by atoms with van der Waals surface area (Å²) in [6.07, 6.45) is 0. The molecule has 1 rings (SSSR count). The number of hydrogen-bond donors (Lipinski definition) is 2. The van der Waals surface area contributed by atoms with Crippen LogP contribution in [0.4, 0.5) is 4.39 Å². The van der Waals surface area contributed by atoms with Gasteiger partial charge in [0.15, 0.2) is 0 Å². The molecule has 0 saturated carbocycles. The van der Waals surface area contributed by atoms with Gasteiger partial charge in [-0.25, -0.2) is 4.39 Å². The van der Waals surface area contributed by atoms with Crippen LogP contribution < -0.4 is 5.46 Å². The first-order valence-corrected chi connectivity index (χ1v) is 3.23. The smallest absolute Gasteiger partial charge is 0.423 e. The Balaban J connectivity index is 0.00000121. The third-order valence-electron chi connectivity index (χ3n) is 1.43. The molecule has 2 nitrogen and oxygen atoms in total. The first-order valence-electron chi connectivity index (χ1n) is 3.23. The molecule has 0 aromatic heterocycles. The number of rotatable bonds is 1. The molecule has 66 valence electrons. The topological polar surface area (TPSA) is 40.5 Å². The van der Waals surface area contributed by atoms with Gasteiger partial charge in [-0.2, -0.15) is 0 Å². The van der Waals surface area contributed by atoms with Crippen molar-refractivity contribution >= 4 is 12.6 Å². The van der Waals surface area contributed by atoms with Gasteiger partial charge in [-0.3, -0.25) is 0 Å². The van der Waals surface area contributed by atoms with E-state index in [2.05, 4.69) is 0 Å². The minimum Gasteiger partial charge on any atom is -0.423 e. The van der Waals surface area contributed by atoms with Gasteiger partial charge in [-0.05, 0) is 18.6 Å². The van der Waals surface area contributed by atoms with Gasteiger partial charge < -0.3 is 10.0 Å². The van der Waals surface area contributed by atoms with E-state index in [-0.39, 0.29) is 12.9 Å². The second-order valence-corrected chi connectivity index (χ2v) is 2.40. The van der Waals surface area contributed by atoms with Gasteiger partial charge in [0.25, 0.3) is 0 Å². The monoisotopic (exact) mass is 170 g/mol. The van der Waals surface area contributed by atoms with Crippen molar-refractivity contribution in [2.45, 2.75) is 14.4 Å². The quantitative estimate of drug-likeness (QED) is 0.600. The second kappa shape index (κ2) is 4.23. The standard InChI is InChI=1S/C7H8BFO2.CH4/c1-5-2-3-6(8(10)11)7(9)4-5;/h2-4,10-11H,1H3;1H4. The highest BCUT2D eigenvalue weighted by Crippen LogP contribution is 1.99. The minimum atomic E-state index is -1.73. The highest BCUT2D eigenvalue weighted by Gasteiger charge is 2.15. The number of benzene rings is 1. The zero-order valence-electron chi connectivity index (χ0n) is 6.08. The van der Waals surface area contributed by atoms with Crippen LogP contribution in [0.3, 0.4) is 0 Å². The summed E-state index contributed by atoms with van der Waals surface area (Å²) in [6.45, 7) is 1.73. The lowest BCUT2D eigenvalue weighted by molar-refractivity contribution is 0.423. The van der Waals surface area contributed by atoms with Gasteiger partial charge >= 0.3 is 7.12 Å². The number of halogens is 1. The van der Waals surface area contributed by atoms with Crippen molar-refractivity contribution in [3.05, 3.63) is 29.6 Å². The molecule has 4 heteroatoms. The average molecular weight is 170 g/mol. The van der Waals surface area contributed by atoms with Crippen LogP contribution in [0.2, 0.25) is 0 Å². The van der Waals surface area contributed by atoms with E-state index >= 15 is 0 Å².